The predicted molar refractivity (Wildman–Crippen MR) is 81.0 cm³/mol. The van der Waals surface area contributed by atoms with Gasteiger partial charge >= 0.3 is 0 Å². The number of hydrogen-bond donors (Lipinski definition) is 1. The Labute approximate surface area is 120 Å². The average molecular weight is 357 g/mol. The molecule has 2 aromatic rings. The number of rotatable bonds is 1. The first kappa shape index (κ1) is 12.2. The van der Waals surface area contributed by atoms with Crippen molar-refractivity contribution in [3.05, 3.63) is 21.8 Å². The van der Waals surface area contributed by atoms with Gasteiger partial charge < -0.3 is 14.6 Å². The second-order valence-corrected chi connectivity index (χ2v) is 5.99. The third-order valence-corrected chi connectivity index (χ3v) is 3.99. The molecule has 0 amide bonds. The molecule has 1 saturated heterocycles. The van der Waals surface area contributed by atoms with E-state index < -0.39 is 0 Å². The summed E-state index contributed by atoms with van der Waals surface area (Å²) >= 11 is 2.30. The fraction of sp³-hybridized carbons (Fsp3) is 0.462. The number of nitrogens with zero attached hydrogens (tertiary/aromatic N) is 2. The van der Waals surface area contributed by atoms with Gasteiger partial charge in [0.2, 0.25) is 0 Å². The summed E-state index contributed by atoms with van der Waals surface area (Å²) in [6, 6.07) is 7.42. The molecule has 96 valence electrons. The summed E-state index contributed by atoms with van der Waals surface area (Å²) in [5, 5.41) is 3.47. The highest BCUT2D eigenvalue weighted by molar-refractivity contribution is 14.1. The molecular formula is C13H16IN3O. The van der Waals surface area contributed by atoms with Gasteiger partial charge in [0.05, 0.1) is 0 Å². The van der Waals surface area contributed by atoms with E-state index in [1.165, 1.54) is 3.57 Å². The van der Waals surface area contributed by atoms with Gasteiger partial charge in [-0.15, -0.1) is 0 Å². The predicted octanol–water partition coefficient (Wildman–Crippen LogP) is 2.62. The normalized spacial score (nSPS) is 21.2. The second kappa shape index (κ2) is 5.05. The van der Waals surface area contributed by atoms with Crippen molar-refractivity contribution in [1.29, 1.82) is 0 Å². The first-order chi connectivity index (χ1) is 8.72. The lowest BCUT2D eigenvalue weighted by Gasteiger charge is -2.16. The van der Waals surface area contributed by atoms with Crippen LogP contribution in [0, 0.1) is 3.57 Å². The first-order valence-corrected chi connectivity index (χ1v) is 7.35. The molecule has 5 heteroatoms. The minimum atomic E-state index is 0.570. The van der Waals surface area contributed by atoms with Gasteiger partial charge in [0, 0.05) is 29.2 Å². The average Bonchev–Trinajstić information content (AvgIpc) is 2.63. The van der Waals surface area contributed by atoms with E-state index in [4.69, 9.17) is 4.42 Å². The number of hydrogen-bond acceptors (Lipinski definition) is 4. The topological polar surface area (TPSA) is 41.3 Å². The lowest BCUT2D eigenvalue weighted by atomic mass is 10.2. The van der Waals surface area contributed by atoms with E-state index >= 15 is 0 Å². The summed E-state index contributed by atoms with van der Waals surface area (Å²) in [4.78, 5) is 6.82. The largest absolute Gasteiger partial charge is 0.423 e. The van der Waals surface area contributed by atoms with Gasteiger partial charge in [0.15, 0.2) is 5.58 Å². The van der Waals surface area contributed by atoms with Gasteiger partial charge in [-0.1, -0.05) is 0 Å². The van der Waals surface area contributed by atoms with Crippen molar-refractivity contribution in [2.45, 2.75) is 19.4 Å². The quantitative estimate of drug-likeness (QED) is 0.797. The molecular weight excluding hydrogens is 341 g/mol. The summed E-state index contributed by atoms with van der Waals surface area (Å²) < 4.78 is 7.02. The molecule has 3 rings (SSSR count). The van der Waals surface area contributed by atoms with Gasteiger partial charge in [0.1, 0.15) is 5.52 Å². The maximum Gasteiger partial charge on any atom is 0.298 e. The van der Waals surface area contributed by atoms with Crippen LogP contribution in [0.4, 0.5) is 6.01 Å². The van der Waals surface area contributed by atoms with Gasteiger partial charge in [-0.2, -0.15) is 4.98 Å². The molecule has 0 radical (unpaired) electrons. The van der Waals surface area contributed by atoms with E-state index in [2.05, 4.69) is 50.8 Å². The first-order valence-electron chi connectivity index (χ1n) is 6.27. The molecule has 1 aliphatic rings. The number of benzene rings is 1. The van der Waals surface area contributed by atoms with Crippen LogP contribution in [-0.2, 0) is 0 Å². The SMILES string of the molecule is C[C@@H]1CCN(c2nc3cc(I)ccc3o2)CCN1. The van der Waals surface area contributed by atoms with E-state index in [-0.39, 0.29) is 0 Å². The van der Waals surface area contributed by atoms with Crippen LogP contribution in [0.3, 0.4) is 0 Å². The van der Waals surface area contributed by atoms with Crippen molar-refractivity contribution in [2.24, 2.45) is 0 Å². The van der Waals surface area contributed by atoms with Gasteiger partial charge in [-0.3, -0.25) is 0 Å². The van der Waals surface area contributed by atoms with E-state index in [0.29, 0.717) is 6.04 Å². The smallest absolute Gasteiger partial charge is 0.298 e. The Balaban J connectivity index is 1.89. The van der Waals surface area contributed by atoms with Crippen LogP contribution in [0.5, 0.6) is 0 Å². The minimum absolute atomic E-state index is 0.570. The van der Waals surface area contributed by atoms with Crippen LogP contribution >= 0.6 is 22.6 Å². The zero-order valence-electron chi connectivity index (χ0n) is 10.3. The lowest BCUT2D eigenvalue weighted by molar-refractivity contribution is 0.559. The Hall–Kier alpha value is -0.820. The molecule has 1 fully saturated rings. The molecule has 0 bridgehead atoms. The Kier molecular flexibility index (Phi) is 3.43. The minimum Gasteiger partial charge on any atom is -0.423 e. The van der Waals surface area contributed by atoms with Crippen molar-refractivity contribution in [1.82, 2.24) is 10.3 Å². The van der Waals surface area contributed by atoms with E-state index in [1.54, 1.807) is 0 Å². The van der Waals surface area contributed by atoms with Crippen molar-refractivity contribution in [3.8, 4) is 0 Å². The number of aromatic nitrogens is 1. The fourth-order valence-corrected chi connectivity index (χ4v) is 2.70. The number of anilines is 1. The number of nitrogens with one attached hydrogen (secondary N) is 1. The highest BCUT2D eigenvalue weighted by Gasteiger charge is 2.18. The Morgan fingerprint density at radius 2 is 2.33 bits per heavy atom. The summed E-state index contributed by atoms with van der Waals surface area (Å²) in [7, 11) is 0. The van der Waals surface area contributed by atoms with Crippen LogP contribution in [0.1, 0.15) is 13.3 Å². The van der Waals surface area contributed by atoms with E-state index in [0.717, 1.165) is 43.2 Å². The summed E-state index contributed by atoms with van der Waals surface area (Å²) in [6.07, 6.45) is 1.12. The van der Waals surface area contributed by atoms with Gasteiger partial charge in [0.25, 0.3) is 6.01 Å². The molecule has 1 aliphatic heterocycles. The van der Waals surface area contributed by atoms with Crippen LogP contribution in [0.15, 0.2) is 22.6 Å². The summed E-state index contributed by atoms with van der Waals surface area (Å²) in [5.74, 6) is 0. The maximum absolute atomic E-state index is 5.84. The molecule has 1 N–H and O–H groups in total. The summed E-state index contributed by atoms with van der Waals surface area (Å²) in [5.41, 5.74) is 1.82. The van der Waals surface area contributed by atoms with Crippen molar-refractivity contribution in [2.75, 3.05) is 24.5 Å². The lowest BCUT2D eigenvalue weighted by Crippen LogP contribution is -2.29. The monoisotopic (exact) mass is 357 g/mol. The molecule has 1 atom stereocenters. The third-order valence-electron chi connectivity index (χ3n) is 3.32. The zero-order valence-corrected chi connectivity index (χ0v) is 12.5. The van der Waals surface area contributed by atoms with Crippen molar-refractivity contribution < 1.29 is 4.42 Å². The second-order valence-electron chi connectivity index (χ2n) is 4.74. The third kappa shape index (κ3) is 2.47. The Morgan fingerprint density at radius 3 is 3.22 bits per heavy atom. The zero-order chi connectivity index (χ0) is 12.5. The highest BCUT2D eigenvalue weighted by Crippen LogP contribution is 2.24. The molecule has 0 unspecified atom stereocenters. The fourth-order valence-electron chi connectivity index (χ4n) is 2.22. The Morgan fingerprint density at radius 1 is 1.44 bits per heavy atom. The van der Waals surface area contributed by atoms with E-state index in [9.17, 15) is 0 Å². The standard InChI is InChI=1S/C13H16IN3O/c1-9-4-6-17(7-5-15-9)13-16-11-8-10(14)2-3-12(11)18-13/h2-3,8-9,15H,4-7H2,1H3/t9-/m1/s1. The van der Waals surface area contributed by atoms with Crippen LogP contribution in [0.2, 0.25) is 0 Å². The van der Waals surface area contributed by atoms with Crippen LogP contribution in [-0.4, -0.2) is 30.7 Å². The number of fused-ring (bicyclic) bond motifs is 1. The molecule has 0 aliphatic carbocycles. The molecule has 1 aromatic heterocycles. The highest BCUT2D eigenvalue weighted by atomic mass is 127. The summed E-state index contributed by atoms with van der Waals surface area (Å²) in [6.45, 7) is 5.15. The van der Waals surface area contributed by atoms with Crippen molar-refractivity contribution >= 4 is 39.7 Å². The molecule has 18 heavy (non-hydrogen) atoms. The van der Waals surface area contributed by atoms with Gasteiger partial charge in [-0.05, 0) is 54.1 Å². The molecule has 2 heterocycles. The van der Waals surface area contributed by atoms with E-state index in [1.807, 2.05) is 12.1 Å². The molecule has 0 saturated carbocycles. The van der Waals surface area contributed by atoms with Crippen LogP contribution in [0.25, 0.3) is 11.1 Å². The van der Waals surface area contributed by atoms with Gasteiger partial charge in [-0.25, -0.2) is 0 Å². The number of oxazole rings is 1. The molecule has 1 aromatic carbocycles. The maximum atomic E-state index is 5.84. The van der Waals surface area contributed by atoms with Crippen LogP contribution < -0.4 is 10.2 Å². The number of halogens is 1. The molecule has 0 spiro atoms. The van der Waals surface area contributed by atoms with Crippen molar-refractivity contribution in [3.63, 3.8) is 0 Å². The Bertz CT molecular complexity index is 554. The molecule has 4 nitrogen and oxygen atoms in total.